The number of carbonyl (C=O) groups is 2. The van der Waals surface area contributed by atoms with Crippen molar-refractivity contribution in [1.82, 2.24) is 5.32 Å². The Morgan fingerprint density at radius 1 is 1.26 bits per heavy atom. The van der Waals surface area contributed by atoms with Gasteiger partial charge in [-0.25, -0.2) is 13.2 Å². The van der Waals surface area contributed by atoms with Crippen LogP contribution in [0.1, 0.15) is 27.9 Å². The summed E-state index contributed by atoms with van der Waals surface area (Å²) in [5.41, 5.74) is 8.30. The van der Waals surface area contributed by atoms with E-state index in [1.165, 1.54) is 7.11 Å². The maximum absolute atomic E-state index is 12.3. The predicted molar refractivity (Wildman–Crippen MR) is 87.9 cm³/mol. The highest BCUT2D eigenvalue weighted by Gasteiger charge is 2.24. The number of nitrogens with one attached hydrogen (secondary N) is 1. The largest absolute Gasteiger partial charge is 0.467 e. The minimum Gasteiger partial charge on any atom is -0.467 e. The second kappa shape index (κ2) is 7.45. The lowest BCUT2D eigenvalue weighted by molar-refractivity contribution is -0.142. The quantitative estimate of drug-likeness (QED) is 0.577. The molecule has 1 aromatic rings. The van der Waals surface area contributed by atoms with E-state index in [9.17, 15) is 18.0 Å². The molecule has 0 heterocycles. The Kier molecular flexibility index (Phi) is 6.14. The van der Waals surface area contributed by atoms with Crippen molar-refractivity contribution in [3.8, 4) is 0 Å². The lowest BCUT2D eigenvalue weighted by Gasteiger charge is -2.17. The summed E-state index contributed by atoms with van der Waals surface area (Å²) in [6, 6.07) is 2.20. The second-order valence-corrected chi connectivity index (χ2v) is 7.75. The number of amides is 1. The van der Waals surface area contributed by atoms with Crippen LogP contribution in [0.3, 0.4) is 0 Å². The Bertz CT molecular complexity index is 690. The average molecular weight is 342 g/mol. The van der Waals surface area contributed by atoms with Gasteiger partial charge in [0.2, 0.25) is 0 Å². The molecule has 0 saturated heterocycles. The van der Waals surface area contributed by atoms with Crippen molar-refractivity contribution in [1.29, 1.82) is 0 Å². The molecule has 1 aromatic carbocycles. The number of ether oxygens (including phenoxy) is 1. The number of esters is 1. The van der Waals surface area contributed by atoms with Crippen molar-refractivity contribution in [2.75, 3.05) is 24.9 Å². The van der Waals surface area contributed by atoms with Crippen LogP contribution in [0.15, 0.2) is 12.1 Å². The normalized spacial score (nSPS) is 12.5. The minimum absolute atomic E-state index is 0.0514. The third-order valence-corrected chi connectivity index (χ3v) is 4.40. The molecule has 0 bridgehead atoms. The Balaban J connectivity index is 2.94. The first-order valence-electron chi connectivity index (χ1n) is 6.98. The second-order valence-electron chi connectivity index (χ2n) is 5.49. The Hall–Kier alpha value is -2.09. The zero-order chi connectivity index (χ0) is 17.8. The van der Waals surface area contributed by atoms with Gasteiger partial charge in [0.1, 0.15) is 15.9 Å². The van der Waals surface area contributed by atoms with Gasteiger partial charge in [0.05, 0.1) is 12.9 Å². The number of nitrogens with two attached hydrogens (primary N) is 1. The van der Waals surface area contributed by atoms with E-state index in [2.05, 4.69) is 10.1 Å². The molecular formula is C15H22N2O5S. The minimum atomic E-state index is -3.26. The number of nitrogen functional groups attached to an aromatic ring is 1. The average Bonchev–Trinajstić information content (AvgIpc) is 2.46. The van der Waals surface area contributed by atoms with E-state index < -0.39 is 27.8 Å². The van der Waals surface area contributed by atoms with Crippen LogP contribution in [0.4, 0.5) is 5.69 Å². The zero-order valence-corrected chi connectivity index (χ0v) is 14.5. The van der Waals surface area contributed by atoms with Crippen molar-refractivity contribution in [2.45, 2.75) is 26.3 Å². The van der Waals surface area contributed by atoms with Crippen molar-refractivity contribution in [3.05, 3.63) is 28.8 Å². The molecule has 0 saturated carbocycles. The van der Waals surface area contributed by atoms with Crippen LogP contribution < -0.4 is 11.1 Å². The molecule has 0 aliphatic carbocycles. The summed E-state index contributed by atoms with van der Waals surface area (Å²) in [6.07, 6.45) is 1.01. The number of methoxy groups -OCH3 is 1. The van der Waals surface area contributed by atoms with Crippen LogP contribution in [0, 0.1) is 13.8 Å². The van der Waals surface area contributed by atoms with Gasteiger partial charge in [-0.15, -0.1) is 0 Å². The van der Waals surface area contributed by atoms with Gasteiger partial charge in [0.15, 0.2) is 0 Å². The Morgan fingerprint density at radius 3 is 2.22 bits per heavy atom. The van der Waals surface area contributed by atoms with Crippen LogP contribution >= 0.6 is 0 Å². The molecule has 1 rings (SSSR count). The van der Waals surface area contributed by atoms with Crippen LogP contribution in [0.5, 0.6) is 0 Å². The monoisotopic (exact) mass is 342 g/mol. The number of hydrogen-bond donors (Lipinski definition) is 2. The highest BCUT2D eigenvalue weighted by molar-refractivity contribution is 7.90. The highest BCUT2D eigenvalue weighted by Crippen LogP contribution is 2.18. The summed E-state index contributed by atoms with van der Waals surface area (Å²) in [6.45, 7) is 3.56. The molecule has 0 aliphatic rings. The van der Waals surface area contributed by atoms with Gasteiger partial charge in [-0.1, -0.05) is 0 Å². The molecule has 0 aromatic heterocycles. The number of anilines is 1. The van der Waals surface area contributed by atoms with Gasteiger partial charge >= 0.3 is 5.97 Å². The van der Waals surface area contributed by atoms with E-state index in [0.29, 0.717) is 11.3 Å². The lowest BCUT2D eigenvalue weighted by Crippen LogP contribution is -2.42. The number of rotatable bonds is 6. The van der Waals surface area contributed by atoms with Gasteiger partial charge in [-0.05, 0) is 43.5 Å². The molecule has 128 valence electrons. The summed E-state index contributed by atoms with van der Waals surface area (Å²) in [4.78, 5) is 24.0. The smallest absolute Gasteiger partial charge is 0.328 e. The molecule has 0 radical (unpaired) electrons. The maximum atomic E-state index is 12.3. The molecule has 0 fully saturated rings. The third-order valence-electron chi connectivity index (χ3n) is 3.42. The van der Waals surface area contributed by atoms with Crippen LogP contribution in [-0.2, 0) is 19.4 Å². The number of aryl methyl sites for hydroxylation is 2. The third kappa shape index (κ3) is 5.55. The molecule has 0 spiro atoms. The standard InChI is InChI=1S/C15H22N2O5S/c1-9-7-11(8-10(2)13(9)16)14(18)17-12(15(19)22-3)5-6-23(4,20)21/h7-8,12H,5-6,16H2,1-4H3,(H,17,18)/t12-/m1/s1. The molecule has 7 nitrogen and oxygen atoms in total. The molecule has 23 heavy (non-hydrogen) atoms. The first kappa shape index (κ1) is 19.0. The molecule has 8 heteroatoms. The first-order valence-corrected chi connectivity index (χ1v) is 9.04. The van der Waals surface area contributed by atoms with Gasteiger partial charge in [0, 0.05) is 17.5 Å². The molecule has 1 amide bonds. The molecule has 0 unspecified atom stereocenters. The van der Waals surface area contributed by atoms with Crippen LogP contribution in [-0.4, -0.2) is 45.5 Å². The molecule has 3 N–H and O–H groups in total. The summed E-state index contributed by atoms with van der Waals surface area (Å²) in [5, 5.41) is 2.51. The maximum Gasteiger partial charge on any atom is 0.328 e. The van der Waals surface area contributed by atoms with Gasteiger partial charge < -0.3 is 15.8 Å². The Morgan fingerprint density at radius 2 is 1.78 bits per heavy atom. The fourth-order valence-corrected chi connectivity index (χ4v) is 2.73. The van der Waals surface area contributed by atoms with Gasteiger partial charge in [-0.3, -0.25) is 4.79 Å². The van der Waals surface area contributed by atoms with Crippen LogP contribution in [0.25, 0.3) is 0 Å². The number of hydrogen-bond acceptors (Lipinski definition) is 6. The van der Waals surface area contributed by atoms with E-state index in [1.54, 1.807) is 26.0 Å². The van der Waals surface area contributed by atoms with E-state index in [4.69, 9.17) is 5.73 Å². The fraction of sp³-hybridized carbons (Fsp3) is 0.467. The van der Waals surface area contributed by atoms with Crippen molar-refractivity contribution in [2.24, 2.45) is 0 Å². The fourth-order valence-electron chi connectivity index (χ4n) is 2.07. The lowest BCUT2D eigenvalue weighted by atomic mass is 10.0. The summed E-state index contributed by atoms with van der Waals surface area (Å²) >= 11 is 0. The number of sulfone groups is 1. The molecule has 1 atom stereocenters. The number of benzene rings is 1. The van der Waals surface area contributed by atoms with Gasteiger partial charge in [0.25, 0.3) is 5.91 Å². The van der Waals surface area contributed by atoms with Crippen LogP contribution in [0.2, 0.25) is 0 Å². The van der Waals surface area contributed by atoms with Crippen molar-refractivity contribution < 1.29 is 22.7 Å². The van der Waals surface area contributed by atoms with E-state index in [-0.39, 0.29) is 12.2 Å². The SMILES string of the molecule is COC(=O)[C@@H](CCS(C)(=O)=O)NC(=O)c1cc(C)c(N)c(C)c1. The highest BCUT2D eigenvalue weighted by atomic mass is 32.2. The van der Waals surface area contributed by atoms with Crippen molar-refractivity contribution in [3.63, 3.8) is 0 Å². The number of carbonyl (C=O) groups excluding carboxylic acids is 2. The molecular weight excluding hydrogens is 320 g/mol. The van der Waals surface area contributed by atoms with E-state index >= 15 is 0 Å². The first-order chi connectivity index (χ1) is 10.5. The van der Waals surface area contributed by atoms with Gasteiger partial charge in [-0.2, -0.15) is 0 Å². The summed E-state index contributed by atoms with van der Waals surface area (Å²) < 4.78 is 27.1. The zero-order valence-electron chi connectivity index (χ0n) is 13.7. The summed E-state index contributed by atoms with van der Waals surface area (Å²) in [7, 11) is -2.08. The van der Waals surface area contributed by atoms with Crippen molar-refractivity contribution >= 4 is 27.4 Å². The Labute approximate surface area is 136 Å². The summed E-state index contributed by atoms with van der Waals surface area (Å²) in [5.74, 6) is -1.40. The topological polar surface area (TPSA) is 116 Å². The van der Waals surface area contributed by atoms with E-state index in [0.717, 1.165) is 17.4 Å². The predicted octanol–water partition coefficient (Wildman–Crippen LogP) is 0.592. The van der Waals surface area contributed by atoms with E-state index in [1.807, 2.05) is 0 Å². The molecule has 0 aliphatic heterocycles.